The molecule has 0 bridgehead atoms. The lowest BCUT2D eigenvalue weighted by molar-refractivity contribution is 0.0663. The molecule has 47 heavy (non-hydrogen) atoms. The summed E-state index contributed by atoms with van der Waals surface area (Å²) >= 11 is 12.9. The van der Waals surface area contributed by atoms with E-state index >= 15 is 0 Å². The summed E-state index contributed by atoms with van der Waals surface area (Å²) in [4.78, 5) is 50.6. The molecule has 0 aliphatic carbocycles. The molecule has 1 atom stereocenters. The van der Waals surface area contributed by atoms with Gasteiger partial charge in [-0.05, 0) is 60.5 Å². The van der Waals surface area contributed by atoms with Crippen molar-refractivity contribution in [3.05, 3.63) is 110 Å². The number of para-hydroxylation sites is 1. The van der Waals surface area contributed by atoms with Gasteiger partial charge in [0, 0.05) is 49.6 Å². The maximum Gasteiger partial charge on any atom is 0.290 e. The first kappa shape index (κ1) is 29.2. The normalized spacial score (nSPS) is 15.9. The number of amides is 2. The molecule has 6 aromatic rings. The summed E-state index contributed by atoms with van der Waals surface area (Å²) in [6, 6.07) is 18.9. The highest BCUT2D eigenvalue weighted by atomic mass is 35.5. The number of nitrogens with zero attached hydrogens (tertiary/aromatic N) is 7. The Bertz CT molecular complexity index is 2300. The summed E-state index contributed by atoms with van der Waals surface area (Å²) in [5.74, 6) is 0.101. The standard InChI is InChI=1S/C34H27Cl2N9O2/c1-18-23-8-5-20(38-26(23)9-10-44(18)34(47)32-39-27-4-2-3-24(35)29(27)41-32)13-19-14-25(36)30-28(15-19)40-31(42-30)33(46)43-11-12-45-21(16-37)6-7-22(45)17-43/h2-8,14-15,18H,9-13,17H2,1H3,(H,39,41)(H,40,42)/t18-/m1/s1. The molecule has 0 unspecified atom stereocenters. The maximum absolute atomic E-state index is 13.5. The van der Waals surface area contributed by atoms with Crippen LogP contribution >= 0.6 is 23.2 Å². The number of halogens is 2. The van der Waals surface area contributed by atoms with Crippen LogP contribution in [-0.4, -0.2) is 64.2 Å². The summed E-state index contributed by atoms with van der Waals surface area (Å²) < 4.78 is 1.94. The summed E-state index contributed by atoms with van der Waals surface area (Å²) in [5.41, 5.74) is 7.81. The minimum Gasteiger partial charge on any atom is -0.334 e. The van der Waals surface area contributed by atoms with Gasteiger partial charge in [0.05, 0.1) is 33.7 Å². The van der Waals surface area contributed by atoms with Gasteiger partial charge in [-0.15, -0.1) is 0 Å². The number of carbonyl (C=O) groups is 2. The van der Waals surface area contributed by atoms with Crippen LogP contribution in [-0.2, 0) is 25.9 Å². The third kappa shape index (κ3) is 5.01. The number of benzene rings is 2. The molecule has 2 aliphatic rings. The van der Waals surface area contributed by atoms with Crippen LogP contribution in [0.2, 0.25) is 10.0 Å². The number of hydrogen-bond acceptors (Lipinski definition) is 6. The molecule has 0 radical (unpaired) electrons. The van der Waals surface area contributed by atoms with E-state index in [1.54, 1.807) is 17.0 Å². The molecular formula is C34H27Cl2N9O2. The monoisotopic (exact) mass is 663 g/mol. The van der Waals surface area contributed by atoms with E-state index in [4.69, 9.17) is 28.2 Å². The van der Waals surface area contributed by atoms with Crippen molar-refractivity contribution in [1.82, 2.24) is 39.3 Å². The van der Waals surface area contributed by atoms with E-state index in [0.717, 1.165) is 33.7 Å². The Morgan fingerprint density at radius 1 is 0.915 bits per heavy atom. The largest absolute Gasteiger partial charge is 0.334 e. The highest BCUT2D eigenvalue weighted by Crippen LogP contribution is 2.32. The van der Waals surface area contributed by atoms with Crippen molar-refractivity contribution in [2.24, 2.45) is 0 Å². The zero-order valence-corrected chi connectivity index (χ0v) is 26.7. The molecular weight excluding hydrogens is 637 g/mol. The lowest BCUT2D eigenvalue weighted by Gasteiger charge is -2.34. The number of hydrogen-bond donors (Lipinski definition) is 2. The number of nitriles is 1. The minimum absolute atomic E-state index is 0.178. The summed E-state index contributed by atoms with van der Waals surface area (Å²) in [6.45, 7) is 3.95. The SMILES string of the molecule is C[C@@H]1c2ccc(Cc3cc(Cl)c4nc(C(=O)N5CCn6c(C#N)ccc6C5)[nH]c4c3)nc2CCN1C(=O)c1nc2c(Cl)cccc2[nH]1. The number of pyridine rings is 1. The Balaban J connectivity index is 0.989. The van der Waals surface area contributed by atoms with E-state index in [0.29, 0.717) is 71.3 Å². The van der Waals surface area contributed by atoms with Crippen molar-refractivity contribution in [3.63, 3.8) is 0 Å². The van der Waals surface area contributed by atoms with Gasteiger partial charge >= 0.3 is 0 Å². The molecule has 0 spiro atoms. The number of fused-ring (bicyclic) bond motifs is 4. The average Bonchev–Trinajstić information content (AvgIpc) is 3.81. The third-order valence-corrected chi connectivity index (χ3v) is 9.70. The first-order valence-corrected chi connectivity index (χ1v) is 16.0. The van der Waals surface area contributed by atoms with Crippen LogP contribution in [0.1, 0.15) is 68.1 Å². The molecule has 0 saturated carbocycles. The van der Waals surface area contributed by atoms with Gasteiger partial charge in [0.1, 0.15) is 22.8 Å². The molecule has 0 saturated heterocycles. The van der Waals surface area contributed by atoms with E-state index in [-0.39, 0.29) is 29.5 Å². The van der Waals surface area contributed by atoms with Gasteiger partial charge in [-0.3, -0.25) is 14.6 Å². The van der Waals surface area contributed by atoms with Crippen molar-refractivity contribution < 1.29 is 9.59 Å². The molecule has 2 aromatic carbocycles. The Kier molecular flexibility index (Phi) is 7.00. The fourth-order valence-corrected chi connectivity index (χ4v) is 7.21. The number of aromatic nitrogens is 6. The smallest absolute Gasteiger partial charge is 0.290 e. The fraction of sp³-hybridized carbons (Fsp3) is 0.235. The highest BCUT2D eigenvalue weighted by Gasteiger charge is 2.31. The number of aromatic amines is 2. The molecule has 13 heteroatoms. The lowest BCUT2D eigenvalue weighted by atomic mass is 9.96. The van der Waals surface area contributed by atoms with Crippen LogP contribution < -0.4 is 0 Å². The maximum atomic E-state index is 13.5. The summed E-state index contributed by atoms with van der Waals surface area (Å²) in [7, 11) is 0. The van der Waals surface area contributed by atoms with Crippen molar-refractivity contribution >= 4 is 57.1 Å². The molecule has 0 fully saturated rings. The second-order valence-electron chi connectivity index (χ2n) is 11.9. The van der Waals surface area contributed by atoms with Crippen LogP contribution in [0.25, 0.3) is 22.1 Å². The Labute approximate surface area is 278 Å². The van der Waals surface area contributed by atoms with Crippen LogP contribution in [0.4, 0.5) is 0 Å². The third-order valence-electron chi connectivity index (χ3n) is 9.11. The van der Waals surface area contributed by atoms with E-state index in [2.05, 4.69) is 26.0 Å². The molecule has 4 aromatic heterocycles. The van der Waals surface area contributed by atoms with Crippen LogP contribution in [0.3, 0.4) is 0 Å². The van der Waals surface area contributed by atoms with Crippen LogP contribution in [0, 0.1) is 11.3 Å². The van der Waals surface area contributed by atoms with E-state index in [1.165, 1.54) is 0 Å². The fourth-order valence-electron chi connectivity index (χ4n) is 6.71. The Hall–Kier alpha value is -5.18. The first-order valence-electron chi connectivity index (χ1n) is 15.3. The number of rotatable bonds is 4. The molecule has 2 N–H and O–H groups in total. The zero-order valence-electron chi connectivity index (χ0n) is 25.2. The van der Waals surface area contributed by atoms with Crippen LogP contribution in [0.5, 0.6) is 0 Å². The van der Waals surface area contributed by atoms with Gasteiger partial charge in [0.25, 0.3) is 11.8 Å². The molecule has 234 valence electrons. The zero-order chi connectivity index (χ0) is 32.4. The molecule has 8 rings (SSSR count). The summed E-state index contributed by atoms with van der Waals surface area (Å²) in [6.07, 6.45) is 1.15. The molecule has 6 heterocycles. The van der Waals surface area contributed by atoms with E-state index in [9.17, 15) is 14.9 Å². The van der Waals surface area contributed by atoms with Crippen molar-refractivity contribution in [2.75, 3.05) is 13.1 Å². The molecule has 2 aliphatic heterocycles. The minimum atomic E-state index is -0.216. The lowest BCUT2D eigenvalue weighted by Crippen LogP contribution is -2.39. The van der Waals surface area contributed by atoms with E-state index in [1.807, 2.05) is 58.9 Å². The predicted octanol–water partition coefficient (Wildman–Crippen LogP) is 5.82. The number of carbonyl (C=O) groups excluding carboxylic acids is 2. The van der Waals surface area contributed by atoms with Gasteiger partial charge in [-0.1, -0.05) is 35.3 Å². The second kappa shape index (κ2) is 11.3. The topological polar surface area (TPSA) is 140 Å². The van der Waals surface area contributed by atoms with E-state index < -0.39 is 0 Å². The summed E-state index contributed by atoms with van der Waals surface area (Å²) in [5, 5.41) is 10.3. The number of H-pyrrole nitrogens is 2. The van der Waals surface area contributed by atoms with Gasteiger partial charge in [-0.25, -0.2) is 9.97 Å². The van der Waals surface area contributed by atoms with Gasteiger partial charge in [-0.2, -0.15) is 5.26 Å². The van der Waals surface area contributed by atoms with Crippen molar-refractivity contribution in [2.45, 2.75) is 38.9 Å². The van der Waals surface area contributed by atoms with Gasteiger partial charge in [0.15, 0.2) is 11.6 Å². The average molecular weight is 665 g/mol. The van der Waals surface area contributed by atoms with Crippen molar-refractivity contribution in [3.8, 4) is 6.07 Å². The highest BCUT2D eigenvalue weighted by molar-refractivity contribution is 6.35. The van der Waals surface area contributed by atoms with Gasteiger partial charge in [0.2, 0.25) is 0 Å². The first-order chi connectivity index (χ1) is 22.8. The number of nitrogens with one attached hydrogen (secondary N) is 2. The predicted molar refractivity (Wildman–Crippen MR) is 176 cm³/mol. The quantitative estimate of drug-likeness (QED) is 0.244. The second-order valence-corrected chi connectivity index (χ2v) is 12.7. The van der Waals surface area contributed by atoms with Gasteiger partial charge < -0.3 is 24.3 Å². The van der Waals surface area contributed by atoms with Crippen LogP contribution in [0.15, 0.2) is 54.6 Å². The Morgan fingerprint density at radius 2 is 1.70 bits per heavy atom. The molecule has 11 nitrogen and oxygen atoms in total. The van der Waals surface area contributed by atoms with Crippen molar-refractivity contribution in [1.29, 1.82) is 5.26 Å². The Morgan fingerprint density at radius 3 is 2.51 bits per heavy atom. The molecule has 2 amide bonds. The number of imidazole rings is 2.